The Morgan fingerprint density at radius 2 is 1.95 bits per heavy atom. The molecule has 0 unspecified atom stereocenters. The number of benzene rings is 2. The summed E-state index contributed by atoms with van der Waals surface area (Å²) < 4.78 is 0. The Morgan fingerprint density at radius 3 is 2.82 bits per heavy atom. The fourth-order valence-corrected chi connectivity index (χ4v) is 3.99. The average Bonchev–Trinajstić information content (AvgIpc) is 2.85. The third kappa shape index (κ3) is 2.18. The highest BCUT2D eigenvalue weighted by atomic mass is 35.5. The van der Waals surface area contributed by atoms with E-state index in [0.29, 0.717) is 5.02 Å². The molecule has 0 saturated carbocycles. The minimum atomic E-state index is 0.688. The number of aromatic nitrogens is 1. The first kappa shape index (κ1) is 13.7. The third-order valence-electron chi connectivity index (χ3n) is 3.81. The van der Waals surface area contributed by atoms with Crippen LogP contribution < -0.4 is 4.90 Å². The SMILES string of the molecule is CN1/C(=C/c2ccnc3c(Cl)cccc23)Sc2ccccc21. The third-order valence-corrected chi connectivity index (χ3v) is 5.28. The summed E-state index contributed by atoms with van der Waals surface area (Å²) in [6, 6.07) is 16.4. The highest BCUT2D eigenvalue weighted by Crippen LogP contribution is 2.45. The molecule has 108 valence electrons. The van der Waals surface area contributed by atoms with E-state index in [0.717, 1.165) is 16.5 Å². The number of hydrogen-bond acceptors (Lipinski definition) is 3. The average molecular weight is 325 g/mol. The number of pyridine rings is 1. The topological polar surface area (TPSA) is 16.1 Å². The smallest absolute Gasteiger partial charge is 0.0894 e. The Kier molecular flexibility index (Phi) is 3.32. The molecule has 22 heavy (non-hydrogen) atoms. The quantitative estimate of drug-likeness (QED) is 0.594. The summed E-state index contributed by atoms with van der Waals surface area (Å²) >= 11 is 8.03. The molecule has 0 radical (unpaired) electrons. The Morgan fingerprint density at radius 1 is 1.09 bits per heavy atom. The lowest BCUT2D eigenvalue weighted by Gasteiger charge is -2.13. The maximum Gasteiger partial charge on any atom is 0.0894 e. The summed E-state index contributed by atoms with van der Waals surface area (Å²) in [5.74, 6) is 0. The lowest BCUT2D eigenvalue weighted by Crippen LogP contribution is -2.09. The van der Waals surface area contributed by atoms with Crippen molar-refractivity contribution in [3.05, 3.63) is 70.3 Å². The second-order valence-corrected chi connectivity index (χ2v) is 6.62. The van der Waals surface area contributed by atoms with Crippen molar-refractivity contribution in [2.75, 3.05) is 11.9 Å². The number of thioether (sulfide) groups is 1. The van der Waals surface area contributed by atoms with Gasteiger partial charge in [-0.1, -0.05) is 47.6 Å². The lowest BCUT2D eigenvalue weighted by molar-refractivity contribution is 1.18. The van der Waals surface area contributed by atoms with Crippen molar-refractivity contribution >= 4 is 46.0 Å². The van der Waals surface area contributed by atoms with Crippen molar-refractivity contribution in [3.63, 3.8) is 0 Å². The molecule has 1 aliphatic heterocycles. The molecule has 4 heteroatoms. The van der Waals surface area contributed by atoms with E-state index in [2.05, 4.69) is 53.3 Å². The van der Waals surface area contributed by atoms with Crippen LogP contribution in [0, 0.1) is 0 Å². The maximum absolute atomic E-state index is 6.25. The summed E-state index contributed by atoms with van der Waals surface area (Å²) in [6.45, 7) is 0. The molecule has 2 aromatic carbocycles. The molecule has 0 amide bonds. The standard InChI is InChI=1S/C18H13ClN2S/c1-21-15-7-2-3-8-16(15)22-17(21)11-12-9-10-20-18-13(12)5-4-6-14(18)19/h2-11H,1H3/b17-11-. The van der Waals surface area contributed by atoms with E-state index >= 15 is 0 Å². The molecule has 0 fully saturated rings. The van der Waals surface area contributed by atoms with Crippen molar-refractivity contribution in [1.29, 1.82) is 0 Å². The molecule has 3 aromatic rings. The molecular weight excluding hydrogens is 312 g/mol. The van der Waals surface area contributed by atoms with Crippen molar-refractivity contribution in [3.8, 4) is 0 Å². The monoisotopic (exact) mass is 324 g/mol. The molecule has 0 atom stereocenters. The Labute approximate surface area is 138 Å². The molecule has 0 aliphatic carbocycles. The fourth-order valence-electron chi connectivity index (χ4n) is 2.67. The van der Waals surface area contributed by atoms with Gasteiger partial charge < -0.3 is 4.90 Å². The van der Waals surface area contributed by atoms with Gasteiger partial charge in [0.2, 0.25) is 0 Å². The summed E-state index contributed by atoms with van der Waals surface area (Å²) in [7, 11) is 2.10. The Bertz CT molecular complexity index is 904. The van der Waals surface area contributed by atoms with Crippen molar-refractivity contribution < 1.29 is 0 Å². The summed E-state index contributed by atoms with van der Waals surface area (Å²) in [5, 5.41) is 2.97. The van der Waals surface area contributed by atoms with Gasteiger partial charge in [-0.2, -0.15) is 0 Å². The van der Waals surface area contributed by atoms with Crippen LogP contribution in [0.1, 0.15) is 5.56 Å². The van der Waals surface area contributed by atoms with Crippen LogP contribution in [-0.2, 0) is 0 Å². The first-order valence-corrected chi connectivity index (χ1v) is 8.19. The minimum absolute atomic E-state index is 0.688. The molecule has 2 heterocycles. The van der Waals surface area contributed by atoms with E-state index in [1.54, 1.807) is 11.8 Å². The van der Waals surface area contributed by atoms with Gasteiger partial charge in [0.1, 0.15) is 0 Å². The molecule has 0 saturated heterocycles. The largest absolute Gasteiger partial charge is 0.338 e. The molecule has 2 nitrogen and oxygen atoms in total. The summed E-state index contributed by atoms with van der Waals surface area (Å²) in [4.78, 5) is 7.90. The molecule has 1 aromatic heterocycles. The number of para-hydroxylation sites is 2. The van der Waals surface area contributed by atoms with E-state index in [4.69, 9.17) is 11.6 Å². The molecule has 0 spiro atoms. The zero-order valence-corrected chi connectivity index (χ0v) is 13.5. The van der Waals surface area contributed by atoms with Crippen LogP contribution in [0.4, 0.5) is 5.69 Å². The predicted octanol–water partition coefficient (Wildman–Crippen LogP) is 5.43. The van der Waals surface area contributed by atoms with Crippen LogP contribution in [0.25, 0.3) is 17.0 Å². The molecule has 0 bridgehead atoms. The van der Waals surface area contributed by atoms with Crippen molar-refractivity contribution in [1.82, 2.24) is 4.98 Å². The van der Waals surface area contributed by atoms with E-state index < -0.39 is 0 Å². The van der Waals surface area contributed by atoms with Crippen LogP contribution in [0.15, 0.2) is 64.7 Å². The van der Waals surface area contributed by atoms with Crippen LogP contribution in [0.3, 0.4) is 0 Å². The van der Waals surface area contributed by atoms with Gasteiger partial charge in [-0.3, -0.25) is 4.98 Å². The highest BCUT2D eigenvalue weighted by Gasteiger charge is 2.21. The Hall–Kier alpha value is -1.97. The molecule has 4 rings (SSSR count). The van der Waals surface area contributed by atoms with Gasteiger partial charge in [-0.25, -0.2) is 0 Å². The molecule has 0 N–H and O–H groups in total. The van der Waals surface area contributed by atoms with Gasteiger partial charge in [-0.15, -0.1) is 0 Å². The first-order valence-electron chi connectivity index (χ1n) is 6.99. The van der Waals surface area contributed by atoms with Crippen LogP contribution in [-0.4, -0.2) is 12.0 Å². The number of nitrogens with zero attached hydrogens (tertiary/aromatic N) is 2. The van der Waals surface area contributed by atoms with E-state index in [1.165, 1.54) is 15.6 Å². The highest BCUT2D eigenvalue weighted by molar-refractivity contribution is 8.03. The van der Waals surface area contributed by atoms with Gasteiger partial charge in [0.25, 0.3) is 0 Å². The van der Waals surface area contributed by atoms with Crippen LogP contribution in [0.5, 0.6) is 0 Å². The Balaban J connectivity index is 1.84. The zero-order valence-electron chi connectivity index (χ0n) is 12.0. The van der Waals surface area contributed by atoms with Crippen LogP contribution >= 0.6 is 23.4 Å². The van der Waals surface area contributed by atoms with Crippen molar-refractivity contribution in [2.45, 2.75) is 4.90 Å². The zero-order chi connectivity index (χ0) is 15.1. The van der Waals surface area contributed by atoms with Gasteiger partial charge in [-0.05, 0) is 35.9 Å². The normalized spacial score (nSPS) is 15.5. The second-order valence-electron chi connectivity index (χ2n) is 5.15. The van der Waals surface area contributed by atoms with Gasteiger partial charge in [0.05, 0.1) is 21.3 Å². The van der Waals surface area contributed by atoms with Crippen LogP contribution in [0.2, 0.25) is 5.02 Å². The number of hydrogen-bond donors (Lipinski definition) is 0. The molecule has 1 aliphatic rings. The summed E-state index contributed by atoms with van der Waals surface area (Å²) in [5.41, 5.74) is 3.23. The number of rotatable bonds is 1. The number of anilines is 1. The van der Waals surface area contributed by atoms with Gasteiger partial charge in [0.15, 0.2) is 0 Å². The van der Waals surface area contributed by atoms with E-state index in [-0.39, 0.29) is 0 Å². The predicted molar refractivity (Wildman–Crippen MR) is 95.4 cm³/mol. The summed E-state index contributed by atoms with van der Waals surface area (Å²) in [6.07, 6.45) is 4.01. The molecular formula is C18H13ClN2S. The van der Waals surface area contributed by atoms with E-state index in [9.17, 15) is 0 Å². The van der Waals surface area contributed by atoms with Crippen molar-refractivity contribution in [2.24, 2.45) is 0 Å². The minimum Gasteiger partial charge on any atom is -0.338 e. The first-order chi connectivity index (χ1) is 10.7. The second kappa shape index (κ2) is 5.34. The number of fused-ring (bicyclic) bond motifs is 2. The number of halogens is 1. The van der Waals surface area contributed by atoms with Gasteiger partial charge in [0, 0.05) is 23.5 Å². The van der Waals surface area contributed by atoms with Gasteiger partial charge >= 0.3 is 0 Å². The fraction of sp³-hybridized carbons (Fsp3) is 0.0556. The maximum atomic E-state index is 6.25. The lowest BCUT2D eigenvalue weighted by atomic mass is 10.1. The van der Waals surface area contributed by atoms with E-state index in [1.807, 2.05) is 24.4 Å².